The van der Waals surface area contributed by atoms with Crippen LogP contribution >= 0.6 is 0 Å². The standard InChI is InChI=1S/C43H58N2O13/c1-12-45(13-2)31(47)20-55-30-19-28-38(51)33-32(30)34-40(26(8)37(33)50)58-43(10,41(34)52)56-18-17-29(54-11)23(5)39(57-27(9)46)25(7)36(49)24(6)35(48)21(3)15-14-16-22(4)42(53)44-28/h14-19,21,23-25,29,35-36,39,48-51H,12-13,20H2,1-11H3,(H,44,53)/t21?,23?,24?,25?,29?,35?,36?,39?,43-/m0/s1. The number of carbonyl (C=O) groups is 4. The molecule has 318 valence electrons. The van der Waals surface area contributed by atoms with Gasteiger partial charge in [0.15, 0.2) is 12.4 Å². The molecule has 5 N–H and O–H groups in total. The highest BCUT2D eigenvalue weighted by Crippen LogP contribution is 2.54. The molecule has 58 heavy (non-hydrogen) atoms. The minimum Gasteiger partial charge on any atom is -0.507 e. The van der Waals surface area contributed by atoms with Gasteiger partial charge in [0, 0.05) is 80.3 Å². The Morgan fingerprint density at radius 1 is 0.948 bits per heavy atom. The maximum absolute atomic E-state index is 14.4. The Labute approximate surface area is 339 Å². The van der Waals surface area contributed by atoms with E-state index >= 15 is 0 Å². The first-order valence-electron chi connectivity index (χ1n) is 19.5. The van der Waals surface area contributed by atoms with Crippen molar-refractivity contribution in [3.05, 3.63) is 53.3 Å². The second kappa shape index (κ2) is 18.6. The number of phenolic OH excluding ortho intramolecular Hbond substituents is 2. The Bertz CT molecular complexity index is 1990. The van der Waals surface area contributed by atoms with E-state index in [4.69, 9.17) is 23.7 Å². The number of benzene rings is 2. The lowest BCUT2D eigenvalue weighted by atomic mass is 9.78. The van der Waals surface area contributed by atoms with Gasteiger partial charge in [0.25, 0.3) is 17.6 Å². The van der Waals surface area contributed by atoms with Crippen molar-refractivity contribution in [2.75, 3.05) is 32.1 Å². The van der Waals surface area contributed by atoms with Crippen LogP contribution in [0.5, 0.6) is 23.0 Å². The Morgan fingerprint density at radius 3 is 2.21 bits per heavy atom. The summed E-state index contributed by atoms with van der Waals surface area (Å²) in [7, 11) is 1.44. The number of Topliss-reactive ketones (excluding diaryl/α,β-unsaturated/α-hetero) is 1. The van der Waals surface area contributed by atoms with E-state index in [1.54, 1.807) is 44.7 Å². The van der Waals surface area contributed by atoms with Crippen LogP contribution in [0.1, 0.15) is 78.2 Å². The number of ether oxygens (including phenoxy) is 5. The molecule has 2 aromatic carbocycles. The number of carbonyl (C=O) groups excluding carboxylic acids is 4. The van der Waals surface area contributed by atoms with Crippen molar-refractivity contribution >= 4 is 40.0 Å². The van der Waals surface area contributed by atoms with Crippen molar-refractivity contribution in [1.82, 2.24) is 4.90 Å². The van der Waals surface area contributed by atoms with Crippen LogP contribution in [-0.4, -0.2) is 106 Å². The first-order valence-corrected chi connectivity index (χ1v) is 19.5. The zero-order chi connectivity index (χ0) is 43.4. The number of hydrogen-bond donors (Lipinski definition) is 5. The lowest BCUT2D eigenvalue weighted by molar-refractivity contribution is -0.160. The summed E-state index contributed by atoms with van der Waals surface area (Å²) in [6.07, 6.45) is 3.60. The van der Waals surface area contributed by atoms with Crippen LogP contribution in [0.4, 0.5) is 5.69 Å². The second-order valence-electron chi connectivity index (χ2n) is 15.3. The van der Waals surface area contributed by atoms with Crippen LogP contribution in [0.15, 0.2) is 42.2 Å². The first kappa shape index (κ1) is 45.6. The highest BCUT2D eigenvalue weighted by atomic mass is 16.7. The number of nitrogens with one attached hydrogen (secondary N) is 1. The molecule has 0 spiro atoms. The molecule has 0 radical (unpaired) electrons. The van der Waals surface area contributed by atoms with Gasteiger partial charge >= 0.3 is 11.8 Å². The summed E-state index contributed by atoms with van der Waals surface area (Å²) in [5.41, 5.74) is -0.00860. The maximum Gasteiger partial charge on any atom is 0.312 e. The van der Waals surface area contributed by atoms with Crippen LogP contribution in [-0.2, 0) is 28.6 Å². The molecular weight excluding hydrogens is 752 g/mol. The summed E-state index contributed by atoms with van der Waals surface area (Å²) >= 11 is 0. The number of anilines is 1. The van der Waals surface area contributed by atoms with Gasteiger partial charge in [-0.3, -0.25) is 19.2 Å². The fraction of sp³-hybridized carbons (Fsp3) is 0.535. The molecular formula is C43H58N2O13. The predicted octanol–water partition coefficient (Wildman–Crippen LogP) is 5.30. The van der Waals surface area contributed by atoms with Crippen LogP contribution in [0.2, 0.25) is 0 Å². The van der Waals surface area contributed by atoms with Crippen molar-refractivity contribution in [2.24, 2.45) is 23.7 Å². The van der Waals surface area contributed by atoms with E-state index in [9.17, 15) is 39.6 Å². The molecule has 8 unspecified atom stereocenters. The van der Waals surface area contributed by atoms with Gasteiger partial charge in [-0.15, -0.1) is 0 Å². The lowest BCUT2D eigenvalue weighted by Gasteiger charge is -2.38. The molecule has 15 nitrogen and oxygen atoms in total. The number of hydrogen-bond acceptors (Lipinski definition) is 13. The number of fused-ring (bicyclic) bond motifs is 14. The van der Waals surface area contributed by atoms with E-state index in [1.807, 2.05) is 13.8 Å². The Morgan fingerprint density at radius 2 is 1.60 bits per heavy atom. The number of allylic oxidation sites excluding steroid dienone is 2. The minimum absolute atomic E-state index is 0.0574. The number of aliphatic hydroxyl groups excluding tert-OH is 2. The topological polar surface area (TPSA) is 211 Å². The second-order valence-corrected chi connectivity index (χ2v) is 15.3. The van der Waals surface area contributed by atoms with E-state index in [-0.39, 0.29) is 50.6 Å². The molecule has 2 amide bonds. The van der Waals surface area contributed by atoms with Crippen molar-refractivity contribution in [3.63, 3.8) is 0 Å². The first-order chi connectivity index (χ1) is 27.2. The number of rotatable bonds is 7. The number of aromatic hydroxyl groups is 2. The summed E-state index contributed by atoms with van der Waals surface area (Å²) in [6, 6.07) is 1.27. The monoisotopic (exact) mass is 810 g/mol. The quantitative estimate of drug-likeness (QED) is 0.178. The zero-order valence-corrected chi connectivity index (χ0v) is 35.1. The van der Waals surface area contributed by atoms with Crippen molar-refractivity contribution in [1.29, 1.82) is 0 Å². The fourth-order valence-corrected chi connectivity index (χ4v) is 7.56. The number of ketones is 1. The Hall–Kier alpha value is -5.12. The van der Waals surface area contributed by atoms with Gasteiger partial charge in [-0.1, -0.05) is 45.9 Å². The van der Waals surface area contributed by atoms with Crippen LogP contribution in [0.25, 0.3) is 10.8 Å². The van der Waals surface area contributed by atoms with Crippen LogP contribution in [0.3, 0.4) is 0 Å². The summed E-state index contributed by atoms with van der Waals surface area (Å²) in [5.74, 6) is -8.01. The molecule has 3 heterocycles. The maximum atomic E-state index is 14.4. The molecule has 15 heteroatoms. The Kier molecular flexibility index (Phi) is 14.6. The average molecular weight is 811 g/mol. The number of likely N-dealkylation sites (N-methyl/N-ethyl adjacent to an activating group) is 1. The van der Waals surface area contributed by atoms with Crippen molar-refractivity contribution in [2.45, 2.75) is 99.4 Å². The summed E-state index contributed by atoms with van der Waals surface area (Å²) < 4.78 is 29.7. The summed E-state index contributed by atoms with van der Waals surface area (Å²) in [5, 5.41) is 48.4. The predicted molar refractivity (Wildman–Crippen MR) is 216 cm³/mol. The number of methoxy groups -OCH3 is 1. The third-order valence-corrected chi connectivity index (χ3v) is 11.3. The molecule has 0 fully saturated rings. The molecule has 0 aliphatic carbocycles. The zero-order valence-electron chi connectivity index (χ0n) is 35.1. The van der Waals surface area contributed by atoms with Crippen molar-refractivity contribution < 1.29 is 63.3 Å². The highest BCUT2D eigenvalue weighted by Gasteiger charge is 2.49. The highest BCUT2D eigenvalue weighted by molar-refractivity contribution is 6.21. The van der Waals surface area contributed by atoms with Crippen molar-refractivity contribution in [3.8, 4) is 23.0 Å². The van der Waals surface area contributed by atoms with Gasteiger partial charge in [0.1, 0.15) is 23.4 Å². The third kappa shape index (κ3) is 9.11. The van der Waals surface area contributed by atoms with E-state index in [2.05, 4.69) is 5.32 Å². The molecule has 9 atom stereocenters. The fourth-order valence-electron chi connectivity index (χ4n) is 7.56. The number of phenols is 2. The van der Waals surface area contributed by atoms with Gasteiger partial charge in [0.05, 0.1) is 41.2 Å². The van der Waals surface area contributed by atoms with Crippen LogP contribution < -0.4 is 14.8 Å². The lowest BCUT2D eigenvalue weighted by Crippen LogP contribution is -2.46. The molecule has 5 bridgehead atoms. The minimum atomic E-state index is -2.02. The largest absolute Gasteiger partial charge is 0.507 e. The molecule has 0 aromatic heterocycles. The molecule has 3 aliphatic heterocycles. The van der Waals surface area contributed by atoms with E-state index in [0.717, 1.165) is 0 Å². The van der Waals surface area contributed by atoms with Gasteiger partial charge in [-0.25, -0.2) is 0 Å². The number of aliphatic hydroxyl groups is 2. The van der Waals surface area contributed by atoms with Crippen LogP contribution in [0, 0.1) is 30.6 Å². The number of esters is 1. The number of nitrogens with zero attached hydrogens (tertiary/aromatic N) is 1. The summed E-state index contributed by atoms with van der Waals surface area (Å²) in [6.45, 7) is 16.5. The number of amides is 2. The van der Waals surface area contributed by atoms with Gasteiger partial charge < -0.3 is 54.3 Å². The summed E-state index contributed by atoms with van der Waals surface area (Å²) in [4.78, 5) is 54.9. The van der Waals surface area contributed by atoms with Gasteiger partial charge in [-0.05, 0) is 33.8 Å². The molecule has 5 rings (SSSR count). The molecule has 3 aliphatic rings. The normalized spacial score (nSPS) is 28.1. The molecule has 2 aromatic rings. The third-order valence-electron chi connectivity index (χ3n) is 11.3. The smallest absolute Gasteiger partial charge is 0.312 e. The van der Waals surface area contributed by atoms with Gasteiger partial charge in [0.2, 0.25) is 0 Å². The molecule has 0 saturated heterocycles. The van der Waals surface area contributed by atoms with E-state index < -0.39 is 89.6 Å². The van der Waals surface area contributed by atoms with Gasteiger partial charge in [-0.2, -0.15) is 0 Å². The molecule has 0 saturated carbocycles. The van der Waals surface area contributed by atoms with E-state index in [0.29, 0.717) is 13.1 Å². The van der Waals surface area contributed by atoms with E-state index in [1.165, 1.54) is 59.3 Å². The SMILES string of the molecule is CCN(CC)C(=O)COc1cc2c(O)c3c(O)c(C)c4c(c13)C(=O)[C@@](C)(OC=CC(OC)C(C)C(OC(C)=O)C(C)C(O)C(C)C(O)C(C)C=CC=C(C)C(=O)N2)O4. The Balaban J connectivity index is 1.94. The average Bonchev–Trinajstić information content (AvgIpc) is 3.45.